The fraction of sp³-hybridized carbons (Fsp3) is 0.692. The highest BCUT2D eigenvalue weighted by Gasteiger charge is 2.47. The Labute approximate surface area is 111 Å². The highest BCUT2D eigenvalue weighted by Crippen LogP contribution is 2.41. The molecule has 19 heavy (non-hydrogen) atoms. The van der Waals surface area contributed by atoms with Crippen molar-refractivity contribution in [1.82, 2.24) is 4.90 Å². The second-order valence-corrected chi connectivity index (χ2v) is 5.26. The molecule has 2 N–H and O–H groups in total. The number of carboxylic acid groups (broad SMARTS) is 1. The first-order valence-electron chi connectivity index (χ1n) is 6.46. The van der Waals surface area contributed by atoms with Crippen LogP contribution in [-0.2, 0) is 9.53 Å². The summed E-state index contributed by atoms with van der Waals surface area (Å²) in [6, 6.07) is 0. The molecule has 0 aromatic heterocycles. The van der Waals surface area contributed by atoms with Crippen molar-refractivity contribution in [1.29, 1.82) is 0 Å². The van der Waals surface area contributed by atoms with Crippen molar-refractivity contribution in [2.45, 2.75) is 18.9 Å². The number of carbonyl (C=O) groups is 2. The normalized spacial score (nSPS) is 33.6. The highest BCUT2D eigenvalue weighted by molar-refractivity contribution is 5.74. The van der Waals surface area contributed by atoms with Gasteiger partial charge in [-0.1, -0.05) is 12.7 Å². The van der Waals surface area contributed by atoms with Gasteiger partial charge in [0.25, 0.3) is 0 Å². The summed E-state index contributed by atoms with van der Waals surface area (Å²) in [6.45, 7) is 4.16. The molecule has 0 aromatic rings. The lowest BCUT2D eigenvalue weighted by molar-refractivity contribution is -0.144. The molecule has 1 heterocycles. The quantitative estimate of drug-likeness (QED) is 0.734. The molecule has 6 nitrogen and oxygen atoms in total. The van der Waals surface area contributed by atoms with Gasteiger partial charge in [0, 0.05) is 13.1 Å². The molecule has 1 amide bonds. The van der Waals surface area contributed by atoms with Gasteiger partial charge in [0.2, 0.25) is 0 Å². The van der Waals surface area contributed by atoms with E-state index in [1.54, 1.807) is 0 Å². The van der Waals surface area contributed by atoms with Gasteiger partial charge in [-0.05, 0) is 24.7 Å². The lowest BCUT2D eigenvalue weighted by atomic mass is 9.70. The Balaban J connectivity index is 1.97. The van der Waals surface area contributed by atoms with Gasteiger partial charge >= 0.3 is 12.1 Å². The fourth-order valence-electron chi connectivity index (χ4n) is 2.92. The average Bonchev–Trinajstić information content (AvgIpc) is 2.76. The lowest BCUT2D eigenvalue weighted by Crippen LogP contribution is -2.39. The molecule has 1 aliphatic heterocycles. The van der Waals surface area contributed by atoms with Crippen LogP contribution in [0, 0.1) is 17.8 Å². The summed E-state index contributed by atoms with van der Waals surface area (Å²) in [5.41, 5.74) is 0. The van der Waals surface area contributed by atoms with E-state index in [1.165, 1.54) is 11.0 Å². The van der Waals surface area contributed by atoms with Crippen LogP contribution in [0.2, 0.25) is 0 Å². The summed E-state index contributed by atoms with van der Waals surface area (Å²) in [6.07, 6.45) is 1.92. The Morgan fingerprint density at radius 3 is 2.58 bits per heavy atom. The van der Waals surface area contributed by atoms with Gasteiger partial charge in [0.05, 0.1) is 12.0 Å². The molecule has 2 rings (SSSR count). The molecular formula is C13H19NO5. The molecule has 106 valence electrons. The Bertz CT molecular complexity index is 377. The molecule has 1 aliphatic carbocycles. The summed E-state index contributed by atoms with van der Waals surface area (Å²) in [4.78, 5) is 24.4. The second-order valence-electron chi connectivity index (χ2n) is 5.26. The molecule has 0 aromatic carbocycles. The number of amides is 1. The zero-order valence-corrected chi connectivity index (χ0v) is 10.7. The number of aliphatic hydroxyl groups excluding tert-OH is 1. The van der Waals surface area contributed by atoms with Gasteiger partial charge in [0.1, 0.15) is 6.61 Å². The van der Waals surface area contributed by atoms with Crippen molar-refractivity contribution in [3.8, 4) is 0 Å². The van der Waals surface area contributed by atoms with Gasteiger partial charge in [0.15, 0.2) is 0 Å². The van der Waals surface area contributed by atoms with Crippen LogP contribution in [0.1, 0.15) is 12.8 Å². The molecule has 0 unspecified atom stereocenters. The zero-order valence-electron chi connectivity index (χ0n) is 10.7. The van der Waals surface area contributed by atoms with Gasteiger partial charge in [-0.2, -0.15) is 0 Å². The first-order valence-corrected chi connectivity index (χ1v) is 6.46. The predicted molar refractivity (Wildman–Crippen MR) is 66.5 cm³/mol. The standard InChI is InChI=1S/C13H19NO5/c1-2-3-19-13(18)14-6-10(8-4-9(15)5-8)11(7-14)12(16)17/h2,8-11,15H,1,3-7H2,(H,16,17)/t8?,9?,10-,11+/m1/s1. The molecule has 0 bridgehead atoms. The monoisotopic (exact) mass is 269 g/mol. The van der Waals surface area contributed by atoms with Crippen molar-refractivity contribution in [2.75, 3.05) is 19.7 Å². The van der Waals surface area contributed by atoms with E-state index in [2.05, 4.69) is 6.58 Å². The number of aliphatic carboxylic acids is 1. The van der Waals surface area contributed by atoms with Gasteiger partial charge in [-0.3, -0.25) is 4.79 Å². The van der Waals surface area contributed by atoms with Gasteiger partial charge in [-0.25, -0.2) is 4.79 Å². The van der Waals surface area contributed by atoms with E-state index < -0.39 is 18.0 Å². The van der Waals surface area contributed by atoms with E-state index >= 15 is 0 Å². The van der Waals surface area contributed by atoms with Crippen LogP contribution in [0.3, 0.4) is 0 Å². The zero-order chi connectivity index (χ0) is 14.0. The van der Waals surface area contributed by atoms with E-state index in [0.717, 1.165) is 0 Å². The van der Waals surface area contributed by atoms with Gasteiger partial charge < -0.3 is 19.8 Å². The number of carboxylic acids is 1. The maximum absolute atomic E-state index is 11.7. The first-order chi connectivity index (χ1) is 9.02. The van der Waals surface area contributed by atoms with Crippen LogP contribution in [0.25, 0.3) is 0 Å². The molecule has 2 fully saturated rings. The van der Waals surface area contributed by atoms with E-state index in [4.69, 9.17) is 4.74 Å². The van der Waals surface area contributed by atoms with Crippen LogP contribution in [0.5, 0.6) is 0 Å². The molecule has 2 atom stereocenters. The van der Waals surface area contributed by atoms with Gasteiger partial charge in [-0.15, -0.1) is 0 Å². The number of rotatable bonds is 4. The number of hydrogen-bond donors (Lipinski definition) is 2. The Morgan fingerprint density at radius 1 is 1.37 bits per heavy atom. The Morgan fingerprint density at radius 2 is 2.05 bits per heavy atom. The summed E-state index contributed by atoms with van der Waals surface area (Å²) in [5, 5.41) is 18.6. The highest BCUT2D eigenvalue weighted by atomic mass is 16.6. The maximum Gasteiger partial charge on any atom is 0.410 e. The topological polar surface area (TPSA) is 87.1 Å². The number of likely N-dealkylation sites (tertiary alicyclic amines) is 1. The van der Waals surface area contributed by atoms with Crippen LogP contribution in [0.4, 0.5) is 4.79 Å². The van der Waals surface area contributed by atoms with Crippen molar-refractivity contribution < 1.29 is 24.5 Å². The van der Waals surface area contributed by atoms with E-state index in [-0.39, 0.29) is 31.1 Å². The van der Waals surface area contributed by atoms with E-state index in [9.17, 15) is 19.8 Å². The molecule has 6 heteroatoms. The smallest absolute Gasteiger partial charge is 0.410 e. The molecular weight excluding hydrogens is 250 g/mol. The molecule has 0 radical (unpaired) electrons. The van der Waals surface area contributed by atoms with Crippen LogP contribution in [-0.4, -0.2) is 53.0 Å². The van der Waals surface area contributed by atoms with E-state index in [0.29, 0.717) is 19.4 Å². The number of ether oxygens (including phenoxy) is 1. The van der Waals surface area contributed by atoms with Crippen molar-refractivity contribution in [2.24, 2.45) is 17.8 Å². The summed E-state index contributed by atoms with van der Waals surface area (Å²) >= 11 is 0. The molecule has 2 aliphatic rings. The third kappa shape index (κ3) is 2.89. The third-order valence-electron chi connectivity index (χ3n) is 4.02. The Hall–Kier alpha value is -1.56. The predicted octanol–water partition coefficient (Wildman–Crippen LogP) is 0.712. The SMILES string of the molecule is C=CCOC(=O)N1C[C@H](C(=O)O)[C@@H](C2CC(O)C2)C1. The summed E-state index contributed by atoms with van der Waals surface area (Å²) in [7, 11) is 0. The summed E-state index contributed by atoms with van der Waals surface area (Å²) < 4.78 is 4.93. The van der Waals surface area contributed by atoms with Crippen molar-refractivity contribution in [3.05, 3.63) is 12.7 Å². The Kier molecular flexibility index (Phi) is 4.09. The van der Waals surface area contributed by atoms with Crippen LogP contribution in [0.15, 0.2) is 12.7 Å². The van der Waals surface area contributed by atoms with Crippen LogP contribution >= 0.6 is 0 Å². The largest absolute Gasteiger partial charge is 0.481 e. The number of nitrogens with zero attached hydrogens (tertiary/aromatic N) is 1. The minimum Gasteiger partial charge on any atom is -0.481 e. The summed E-state index contributed by atoms with van der Waals surface area (Å²) in [5.74, 6) is -1.34. The van der Waals surface area contributed by atoms with E-state index in [1.807, 2.05) is 0 Å². The fourth-order valence-corrected chi connectivity index (χ4v) is 2.92. The average molecular weight is 269 g/mol. The number of aliphatic hydroxyl groups is 1. The molecule has 1 saturated carbocycles. The first kappa shape index (κ1) is 13.9. The third-order valence-corrected chi connectivity index (χ3v) is 4.02. The number of carbonyl (C=O) groups excluding carboxylic acids is 1. The minimum atomic E-state index is -0.884. The molecule has 0 spiro atoms. The number of hydrogen-bond acceptors (Lipinski definition) is 4. The van der Waals surface area contributed by atoms with Crippen molar-refractivity contribution >= 4 is 12.1 Å². The lowest BCUT2D eigenvalue weighted by Gasteiger charge is -2.37. The molecule has 1 saturated heterocycles. The minimum absolute atomic E-state index is 0.0859. The maximum atomic E-state index is 11.7. The van der Waals surface area contributed by atoms with Crippen molar-refractivity contribution in [3.63, 3.8) is 0 Å². The second kappa shape index (κ2) is 5.61. The van der Waals surface area contributed by atoms with Crippen LogP contribution < -0.4 is 0 Å².